The Bertz CT molecular complexity index is 800. The standard InChI is InChI=1S/C18H20N4O4/c23-16-10-20-17-15(22(16)11-14-4-2-6-26-14)7-12(8-19-17)18(24)21-9-13-3-1-5-25-13/h1,3,5,7-8,14H,2,4,6,9-11H2,(H,19,20)(H,21,24). The molecule has 0 bridgehead atoms. The SMILES string of the molecule is O=C(NCc1ccco1)c1cnc2c(c1)N(CC1CCCO1)C(=O)CN2. The van der Waals surface area contributed by atoms with Crippen molar-refractivity contribution >= 4 is 23.3 Å². The molecule has 1 unspecified atom stereocenters. The van der Waals surface area contributed by atoms with Crippen molar-refractivity contribution in [3.63, 3.8) is 0 Å². The van der Waals surface area contributed by atoms with Gasteiger partial charge in [-0.05, 0) is 31.0 Å². The van der Waals surface area contributed by atoms with Crippen LogP contribution in [0.25, 0.3) is 0 Å². The zero-order valence-corrected chi connectivity index (χ0v) is 14.2. The highest BCUT2D eigenvalue weighted by Crippen LogP contribution is 2.29. The van der Waals surface area contributed by atoms with Crippen LogP contribution in [0, 0.1) is 0 Å². The van der Waals surface area contributed by atoms with Gasteiger partial charge in [-0.25, -0.2) is 4.98 Å². The van der Waals surface area contributed by atoms with Crippen molar-refractivity contribution in [2.45, 2.75) is 25.5 Å². The van der Waals surface area contributed by atoms with Gasteiger partial charge in [0.05, 0.1) is 43.3 Å². The second kappa shape index (κ2) is 7.17. The topological polar surface area (TPSA) is 96.7 Å². The molecule has 0 saturated carbocycles. The van der Waals surface area contributed by atoms with Gasteiger partial charge in [-0.1, -0.05) is 0 Å². The summed E-state index contributed by atoms with van der Waals surface area (Å²) in [4.78, 5) is 30.8. The first-order chi connectivity index (χ1) is 12.7. The Morgan fingerprint density at radius 2 is 2.38 bits per heavy atom. The molecule has 0 aromatic carbocycles. The fourth-order valence-electron chi connectivity index (χ4n) is 3.18. The molecule has 2 amide bonds. The predicted octanol–water partition coefficient (Wildman–Crippen LogP) is 1.54. The maximum Gasteiger partial charge on any atom is 0.253 e. The monoisotopic (exact) mass is 356 g/mol. The minimum absolute atomic E-state index is 0.0290. The van der Waals surface area contributed by atoms with Crippen LogP contribution in [-0.4, -0.2) is 42.6 Å². The summed E-state index contributed by atoms with van der Waals surface area (Å²) in [7, 11) is 0. The Morgan fingerprint density at radius 3 is 3.15 bits per heavy atom. The fraction of sp³-hybridized carbons (Fsp3) is 0.389. The molecule has 136 valence electrons. The molecule has 8 heteroatoms. The third kappa shape index (κ3) is 3.41. The van der Waals surface area contributed by atoms with Crippen molar-refractivity contribution in [1.29, 1.82) is 0 Å². The first kappa shape index (κ1) is 16.6. The van der Waals surface area contributed by atoms with Gasteiger partial charge in [0, 0.05) is 12.8 Å². The Hall–Kier alpha value is -2.87. The molecule has 4 rings (SSSR count). The lowest BCUT2D eigenvalue weighted by atomic mass is 10.1. The van der Waals surface area contributed by atoms with Crippen LogP contribution in [0.15, 0.2) is 35.1 Å². The highest BCUT2D eigenvalue weighted by Gasteiger charge is 2.29. The zero-order valence-electron chi connectivity index (χ0n) is 14.2. The Morgan fingerprint density at radius 1 is 1.46 bits per heavy atom. The van der Waals surface area contributed by atoms with Crippen LogP contribution in [0.3, 0.4) is 0 Å². The quantitative estimate of drug-likeness (QED) is 0.844. The highest BCUT2D eigenvalue weighted by molar-refractivity contribution is 6.04. The Balaban J connectivity index is 1.52. The predicted molar refractivity (Wildman–Crippen MR) is 93.9 cm³/mol. The minimum Gasteiger partial charge on any atom is -0.467 e. The number of aromatic nitrogens is 1. The van der Waals surface area contributed by atoms with Crippen molar-refractivity contribution in [2.24, 2.45) is 0 Å². The highest BCUT2D eigenvalue weighted by atomic mass is 16.5. The third-order valence-electron chi connectivity index (χ3n) is 4.54. The van der Waals surface area contributed by atoms with Gasteiger partial charge in [0.2, 0.25) is 5.91 Å². The van der Waals surface area contributed by atoms with Crippen molar-refractivity contribution < 1.29 is 18.7 Å². The van der Waals surface area contributed by atoms with Gasteiger partial charge in [-0.3, -0.25) is 9.59 Å². The van der Waals surface area contributed by atoms with E-state index in [0.29, 0.717) is 35.9 Å². The molecule has 26 heavy (non-hydrogen) atoms. The normalized spacial score (nSPS) is 19.2. The van der Waals surface area contributed by atoms with E-state index in [0.717, 1.165) is 19.4 Å². The number of furan rings is 1. The van der Waals surface area contributed by atoms with E-state index in [1.165, 1.54) is 6.20 Å². The lowest BCUT2D eigenvalue weighted by molar-refractivity contribution is -0.117. The van der Waals surface area contributed by atoms with Gasteiger partial charge in [-0.15, -0.1) is 0 Å². The van der Waals surface area contributed by atoms with Crippen molar-refractivity contribution in [3.8, 4) is 0 Å². The average molecular weight is 356 g/mol. The molecule has 4 heterocycles. The number of pyridine rings is 1. The summed E-state index contributed by atoms with van der Waals surface area (Å²) in [6, 6.07) is 5.25. The molecule has 1 fully saturated rings. The van der Waals surface area contributed by atoms with E-state index >= 15 is 0 Å². The van der Waals surface area contributed by atoms with Crippen molar-refractivity contribution in [2.75, 3.05) is 29.9 Å². The number of carbonyl (C=O) groups is 2. The summed E-state index contributed by atoms with van der Waals surface area (Å²) in [5, 5.41) is 5.78. The van der Waals surface area contributed by atoms with Crippen LogP contribution in [0.2, 0.25) is 0 Å². The van der Waals surface area contributed by atoms with E-state index in [1.54, 1.807) is 29.4 Å². The summed E-state index contributed by atoms with van der Waals surface area (Å²) in [6.45, 7) is 1.69. The maximum atomic E-state index is 12.4. The molecule has 1 saturated heterocycles. The van der Waals surface area contributed by atoms with E-state index < -0.39 is 0 Å². The van der Waals surface area contributed by atoms with E-state index in [1.807, 2.05) is 0 Å². The number of carbonyl (C=O) groups excluding carboxylic acids is 2. The average Bonchev–Trinajstić information content (AvgIpc) is 3.35. The molecule has 2 N–H and O–H groups in total. The van der Waals surface area contributed by atoms with E-state index in [-0.39, 0.29) is 24.5 Å². The molecule has 0 radical (unpaired) electrons. The molecule has 0 spiro atoms. The van der Waals surface area contributed by atoms with Gasteiger partial charge in [0.25, 0.3) is 5.91 Å². The van der Waals surface area contributed by atoms with Crippen LogP contribution in [0.1, 0.15) is 29.0 Å². The Labute approximate surface area is 150 Å². The maximum absolute atomic E-state index is 12.4. The molecule has 2 aromatic rings. The fourth-order valence-corrected chi connectivity index (χ4v) is 3.18. The summed E-state index contributed by atoms with van der Waals surface area (Å²) >= 11 is 0. The van der Waals surface area contributed by atoms with Crippen molar-refractivity contribution in [3.05, 3.63) is 42.0 Å². The van der Waals surface area contributed by atoms with Crippen LogP contribution in [-0.2, 0) is 16.1 Å². The number of ether oxygens (including phenoxy) is 1. The zero-order chi connectivity index (χ0) is 17.9. The lowest BCUT2D eigenvalue weighted by Crippen LogP contribution is -2.44. The lowest BCUT2D eigenvalue weighted by Gasteiger charge is -2.31. The molecular formula is C18H20N4O4. The number of hydrogen-bond donors (Lipinski definition) is 2. The van der Waals surface area contributed by atoms with E-state index in [2.05, 4.69) is 15.6 Å². The largest absolute Gasteiger partial charge is 0.467 e. The van der Waals surface area contributed by atoms with E-state index in [9.17, 15) is 9.59 Å². The van der Waals surface area contributed by atoms with Crippen LogP contribution < -0.4 is 15.5 Å². The van der Waals surface area contributed by atoms with Gasteiger partial charge in [0.15, 0.2) is 0 Å². The van der Waals surface area contributed by atoms with Gasteiger partial charge in [-0.2, -0.15) is 0 Å². The molecule has 8 nitrogen and oxygen atoms in total. The first-order valence-corrected chi connectivity index (χ1v) is 8.67. The number of anilines is 2. The molecule has 2 aliphatic heterocycles. The second-order valence-corrected chi connectivity index (χ2v) is 6.35. The van der Waals surface area contributed by atoms with E-state index in [4.69, 9.17) is 9.15 Å². The third-order valence-corrected chi connectivity index (χ3v) is 4.54. The van der Waals surface area contributed by atoms with Crippen molar-refractivity contribution in [1.82, 2.24) is 10.3 Å². The molecule has 2 aromatic heterocycles. The number of nitrogens with one attached hydrogen (secondary N) is 2. The molecule has 2 aliphatic rings. The number of fused-ring (bicyclic) bond motifs is 1. The smallest absolute Gasteiger partial charge is 0.253 e. The minimum atomic E-state index is -0.271. The molecule has 0 aliphatic carbocycles. The van der Waals surface area contributed by atoms with Gasteiger partial charge < -0.3 is 24.7 Å². The number of rotatable bonds is 5. The van der Waals surface area contributed by atoms with Crippen LogP contribution in [0.5, 0.6) is 0 Å². The summed E-state index contributed by atoms with van der Waals surface area (Å²) in [6.07, 6.45) is 5.03. The Kier molecular flexibility index (Phi) is 4.57. The summed E-state index contributed by atoms with van der Waals surface area (Å²) in [5.74, 6) is 0.945. The number of nitrogens with zero attached hydrogens (tertiary/aromatic N) is 2. The van der Waals surface area contributed by atoms with Crippen LogP contribution >= 0.6 is 0 Å². The van der Waals surface area contributed by atoms with Crippen LogP contribution in [0.4, 0.5) is 11.5 Å². The molecule has 1 atom stereocenters. The number of amides is 2. The summed E-state index contributed by atoms with van der Waals surface area (Å²) in [5.41, 5.74) is 1.01. The van der Waals surface area contributed by atoms with Gasteiger partial charge >= 0.3 is 0 Å². The van der Waals surface area contributed by atoms with Gasteiger partial charge in [0.1, 0.15) is 11.6 Å². The number of hydrogen-bond acceptors (Lipinski definition) is 6. The first-order valence-electron chi connectivity index (χ1n) is 8.67. The second-order valence-electron chi connectivity index (χ2n) is 6.35. The summed E-state index contributed by atoms with van der Waals surface area (Å²) < 4.78 is 10.9. The molecular weight excluding hydrogens is 336 g/mol.